The van der Waals surface area contributed by atoms with Crippen LogP contribution in [0.1, 0.15) is 18.7 Å². The van der Waals surface area contributed by atoms with E-state index in [4.69, 9.17) is 4.74 Å². The van der Waals surface area contributed by atoms with E-state index in [2.05, 4.69) is 21.2 Å². The first kappa shape index (κ1) is 15.8. The number of anilines is 1. The van der Waals surface area contributed by atoms with Gasteiger partial charge >= 0.3 is 5.69 Å². The highest BCUT2D eigenvalue weighted by Crippen LogP contribution is 2.36. The summed E-state index contributed by atoms with van der Waals surface area (Å²) in [6.07, 6.45) is -0.120. The maximum Gasteiger partial charge on any atom is 0.333 e. The summed E-state index contributed by atoms with van der Waals surface area (Å²) in [5.74, 6) is 0.283. The fourth-order valence-electron chi connectivity index (χ4n) is 1.83. The van der Waals surface area contributed by atoms with Crippen LogP contribution in [-0.2, 0) is 6.54 Å². The lowest BCUT2D eigenvalue weighted by atomic mass is 10.2. The number of para-hydroxylation sites is 1. The van der Waals surface area contributed by atoms with E-state index in [1.165, 1.54) is 0 Å². The van der Waals surface area contributed by atoms with Crippen LogP contribution in [0.2, 0.25) is 0 Å². The fraction of sp³-hybridized carbons (Fsp3) is 0.286. The van der Waals surface area contributed by atoms with Gasteiger partial charge in [0.05, 0.1) is 17.6 Å². The molecule has 1 N–H and O–H groups in total. The van der Waals surface area contributed by atoms with Crippen molar-refractivity contribution in [3.63, 3.8) is 0 Å². The van der Waals surface area contributed by atoms with Crippen LogP contribution in [0.3, 0.4) is 0 Å². The number of benzene rings is 1. The molecule has 1 aromatic carbocycles. The van der Waals surface area contributed by atoms with E-state index < -0.39 is 4.92 Å². The summed E-state index contributed by atoms with van der Waals surface area (Å²) in [5.41, 5.74) is 0.428. The second kappa shape index (κ2) is 6.91. The molecule has 21 heavy (non-hydrogen) atoms. The molecule has 0 saturated heterocycles. The quantitative estimate of drug-likeness (QED) is 0.584. The van der Waals surface area contributed by atoms with Crippen molar-refractivity contribution >= 4 is 38.6 Å². The Bertz CT molecular complexity index is 643. The molecule has 0 atom stereocenters. The standard InChI is InChI=1S/C14H15BrN2O3S/c1-9(2)20-12-5-3-4-11(14(12)17(18)19)16-8-13-10(15)6-7-21-13/h3-7,9,16H,8H2,1-2H3. The van der Waals surface area contributed by atoms with Crippen LogP contribution in [0.4, 0.5) is 11.4 Å². The predicted octanol–water partition coefficient (Wildman–Crippen LogP) is 4.82. The number of thiophene rings is 1. The molecule has 0 radical (unpaired) electrons. The minimum atomic E-state index is -0.413. The van der Waals surface area contributed by atoms with Crippen LogP contribution in [0.5, 0.6) is 5.75 Å². The van der Waals surface area contributed by atoms with Crippen LogP contribution in [-0.4, -0.2) is 11.0 Å². The second-order valence-electron chi connectivity index (χ2n) is 4.62. The zero-order chi connectivity index (χ0) is 15.4. The lowest BCUT2D eigenvalue weighted by Crippen LogP contribution is -2.09. The first-order valence-electron chi connectivity index (χ1n) is 6.39. The van der Waals surface area contributed by atoms with Gasteiger partial charge in [-0.15, -0.1) is 11.3 Å². The summed E-state index contributed by atoms with van der Waals surface area (Å²) >= 11 is 5.03. The number of nitrogens with zero attached hydrogens (tertiary/aromatic N) is 1. The van der Waals surface area contributed by atoms with Crippen molar-refractivity contribution in [2.75, 3.05) is 5.32 Å². The number of nitro benzene ring substituents is 1. The van der Waals surface area contributed by atoms with Crippen molar-refractivity contribution in [3.8, 4) is 5.75 Å². The first-order valence-corrected chi connectivity index (χ1v) is 8.06. The van der Waals surface area contributed by atoms with Crippen molar-refractivity contribution in [1.29, 1.82) is 0 Å². The van der Waals surface area contributed by atoms with Crippen LogP contribution >= 0.6 is 27.3 Å². The number of rotatable bonds is 6. The monoisotopic (exact) mass is 370 g/mol. The molecule has 5 nitrogen and oxygen atoms in total. The molecule has 0 aliphatic carbocycles. The zero-order valence-electron chi connectivity index (χ0n) is 11.6. The second-order valence-corrected chi connectivity index (χ2v) is 6.48. The predicted molar refractivity (Wildman–Crippen MR) is 88.2 cm³/mol. The molecule has 0 fully saturated rings. The number of nitrogens with one attached hydrogen (secondary N) is 1. The average Bonchev–Trinajstić information content (AvgIpc) is 2.81. The third-order valence-corrected chi connectivity index (χ3v) is 4.60. The normalized spacial score (nSPS) is 10.7. The highest BCUT2D eigenvalue weighted by molar-refractivity contribution is 9.10. The highest BCUT2D eigenvalue weighted by atomic mass is 79.9. The molecule has 0 amide bonds. The minimum absolute atomic E-state index is 0.0288. The van der Waals surface area contributed by atoms with Gasteiger partial charge in [0.2, 0.25) is 0 Å². The van der Waals surface area contributed by atoms with Gasteiger partial charge in [-0.3, -0.25) is 10.1 Å². The molecule has 2 aromatic rings. The Hall–Kier alpha value is -1.60. The maximum absolute atomic E-state index is 11.3. The zero-order valence-corrected chi connectivity index (χ0v) is 14.0. The Morgan fingerprint density at radius 2 is 2.19 bits per heavy atom. The van der Waals surface area contributed by atoms with Crippen molar-refractivity contribution in [2.24, 2.45) is 0 Å². The summed E-state index contributed by atoms with van der Waals surface area (Å²) in [7, 11) is 0. The van der Waals surface area contributed by atoms with Crippen LogP contribution in [0.15, 0.2) is 34.1 Å². The van der Waals surface area contributed by atoms with E-state index in [1.54, 1.807) is 29.5 Å². The molecule has 1 aromatic heterocycles. The first-order chi connectivity index (χ1) is 9.99. The Morgan fingerprint density at radius 3 is 2.76 bits per heavy atom. The molecule has 2 rings (SSSR count). The third-order valence-electron chi connectivity index (χ3n) is 2.67. The topological polar surface area (TPSA) is 64.4 Å². The Labute approximate surface area is 135 Å². The van der Waals surface area contributed by atoms with Gasteiger partial charge in [-0.2, -0.15) is 0 Å². The van der Waals surface area contributed by atoms with E-state index in [0.29, 0.717) is 12.2 Å². The fourth-order valence-corrected chi connectivity index (χ4v) is 3.26. The van der Waals surface area contributed by atoms with Crippen LogP contribution in [0, 0.1) is 10.1 Å². The molecule has 7 heteroatoms. The maximum atomic E-state index is 11.3. The van der Waals surface area contributed by atoms with E-state index >= 15 is 0 Å². The summed E-state index contributed by atoms with van der Waals surface area (Å²) in [5, 5.41) is 16.4. The number of hydrogen-bond donors (Lipinski definition) is 1. The molecule has 0 aliphatic rings. The molecular weight excluding hydrogens is 356 g/mol. The molecule has 0 bridgehead atoms. The van der Waals surface area contributed by atoms with Crippen LogP contribution < -0.4 is 10.1 Å². The number of halogens is 1. The molecule has 0 saturated carbocycles. The van der Waals surface area contributed by atoms with E-state index in [9.17, 15) is 10.1 Å². The van der Waals surface area contributed by atoms with Gasteiger partial charge < -0.3 is 10.1 Å². The van der Waals surface area contributed by atoms with Crippen molar-refractivity contribution in [1.82, 2.24) is 0 Å². The Balaban J connectivity index is 2.26. The van der Waals surface area contributed by atoms with Crippen molar-refractivity contribution < 1.29 is 9.66 Å². The Morgan fingerprint density at radius 1 is 1.43 bits per heavy atom. The molecule has 0 aliphatic heterocycles. The average molecular weight is 371 g/mol. The van der Waals surface area contributed by atoms with Crippen molar-refractivity contribution in [2.45, 2.75) is 26.5 Å². The van der Waals surface area contributed by atoms with E-state index in [0.717, 1.165) is 9.35 Å². The van der Waals surface area contributed by atoms with Gasteiger partial charge in [0.15, 0.2) is 5.75 Å². The van der Waals surface area contributed by atoms with E-state index in [-0.39, 0.29) is 17.5 Å². The molecule has 0 spiro atoms. The van der Waals surface area contributed by atoms with Crippen molar-refractivity contribution in [3.05, 3.63) is 49.1 Å². The molecule has 1 heterocycles. The third kappa shape index (κ3) is 3.95. The number of nitro groups is 1. The summed E-state index contributed by atoms with van der Waals surface area (Å²) < 4.78 is 6.52. The SMILES string of the molecule is CC(C)Oc1cccc(NCc2sccc2Br)c1[N+](=O)[O-]. The van der Waals surface area contributed by atoms with Gasteiger partial charge in [0, 0.05) is 9.35 Å². The molecule has 0 unspecified atom stereocenters. The lowest BCUT2D eigenvalue weighted by molar-refractivity contribution is -0.385. The Kier molecular flexibility index (Phi) is 5.19. The molecular formula is C14H15BrN2O3S. The van der Waals surface area contributed by atoms with E-state index in [1.807, 2.05) is 25.3 Å². The van der Waals surface area contributed by atoms with Crippen LogP contribution in [0.25, 0.3) is 0 Å². The molecule has 112 valence electrons. The summed E-state index contributed by atoms with van der Waals surface area (Å²) in [6.45, 7) is 4.20. The number of ether oxygens (including phenoxy) is 1. The van der Waals surface area contributed by atoms with Gasteiger partial charge in [-0.05, 0) is 53.4 Å². The minimum Gasteiger partial charge on any atom is -0.484 e. The van der Waals surface area contributed by atoms with Gasteiger partial charge in [0.1, 0.15) is 5.69 Å². The number of hydrogen-bond acceptors (Lipinski definition) is 5. The largest absolute Gasteiger partial charge is 0.484 e. The lowest BCUT2D eigenvalue weighted by Gasteiger charge is -2.13. The summed E-state index contributed by atoms with van der Waals surface area (Å²) in [4.78, 5) is 12.0. The smallest absolute Gasteiger partial charge is 0.333 e. The van der Waals surface area contributed by atoms with Gasteiger partial charge in [-0.1, -0.05) is 6.07 Å². The summed E-state index contributed by atoms with van der Waals surface area (Å²) in [6, 6.07) is 7.00. The highest BCUT2D eigenvalue weighted by Gasteiger charge is 2.21. The van der Waals surface area contributed by atoms with Gasteiger partial charge in [-0.25, -0.2) is 0 Å². The van der Waals surface area contributed by atoms with Gasteiger partial charge in [0.25, 0.3) is 0 Å².